The number of nitrogens with one attached hydrogen (secondary N) is 1. The molecule has 3 heteroatoms. The molecule has 0 spiro atoms. The Labute approximate surface area is 79.3 Å². The van der Waals surface area contributed by atoms with Crippen LogP contribution in [0.5, 0.6) is 0 Å². The summed E-state index contributed by atoms with van der Waals surface area (Å²) in [6.45, 7) is 5.61. The van der Waals surface area contributed by atoms with Crippen molar-refractivity contribution in [2.24, 2.45) is 0 Å². The molecule has 1 N–H and O–H groups in total. The van der Waals surface area contributed by atoms with E-state index >= 15 is 0 Å². The van der Waals surface area contributed by atoms with E-state index in [1.807, 2.05) is 0 Å². The molecule has 1 unspecified atom stereocenters. The van der Waals surface area contributed by atoms with E-state index in [2.05, 4.69) is 24.1 Å². The Bertz CT molecular complexity index is 211. The molecule has 68 valence electrons. The largest absolute Gasteiger partial charge is 0.357 e. The van der Waals surface area contributed by atoms with Crippen molar-refractivity contribution in [1.29, 1.82) is 0 Å². The predicted octanol–water partition coefficient (Wildman–Crippen LogP) is 1.51. The van der Waals surface area contributed by atoms with Crippen LogP contribution in [0.2, 0.25) is 0 Å². The first-order valence-corrected chi connectivity index (χ1v) is 5.10. The Kier molecular flexibility index (Phi) is 1.79. The molecule has 2 aliphatic rings. The molecule has 0 aromatic heterocycles. The third kappa shape index (κ3) is 1.42. The van der Waals surface area contributed by atoms with E-state index in [0.29, 0.717) is 11.6 Å². The molecule has 0 bridgehead atoms. The highest BCUT2D eigenvalue weighted by molar-refractivity contribution is 7.80. The maximum absolute atomic E-state index is 5.31. The van der Waals surface area contributed by atoms with Crippen LogP contribution in [0.15, 0.2) is 0 Å². The average Bonchev–Trinajstić information content (AvgIpc) is 2.64. The molecule has 0 amide bonds. The van der Waals surface area contributed by atoms with Crippen molar-refractivity contribution in [1.82, 2.24) is 10.2 Å². The summed E-state index contributed by atoms with van der Waals surface area (Å²) in [6.07, 6.45) is 3.84. The molecule has 2 rings (SSSR count). The summed E-state index contributed by atoms with van der Waals surface area (Å²) in [7, 11) is 0. The SMILES string of the molecule is CC1CCN1C(=S)NC1(C)CC1. The zero-order valence-corrected chi connectivity index (χ0v) is 8.58. The second-order valence-corrected chi connectivity index (χ2v) is 4.71. The highest BCUT2D eigenvalue weighted by atomic mass is 32.1. The van der Waals surface area contributed by atoms with E-state index < -0.39 is 0 Å². The fraction of sp³-hybridized carbons (Fsp3) is 0.889. The molecule has 1 atom stereocenters. The lowest BCUT2D eigenvalue weighted by Crippen LogP contribution is -2.55. The van der Waals surface area contributed by atoms with Crippen LogP contribution < -0.4 is 5.32 Å². The molecular weight excluding hydrogens is 168 g/mol. The second kappa shape index (κ2) is 2.59. The van der Waals surface area contributed by atoms with Gasteiger partial charge in [0.25, 0.3) is 0 Å². The third-order valence-corrected chi connectivity index (χ3v) is 3.33. The molecule has 0 aromatic carbocycles. The minimum atomic E-state index is 0.340. The number of likely N-dealkylation sites (tertiary alicyclic amines) is 1. The monoisotopic (exact) mass is 184 g/mol. The van der Waals surface area contributed by atoms with Crippen molar-refractivity contribution in [3.63, 3.8) is 0 Å². The fourth-order valence-corrected chi connectivity index (χ4v) is 1.98. The quantitative estimate of drug-likeness (QED) is 0.622. The summed E-state index contributed by atoms with van der Waals surface area (Å²) < 4.78 is 0. The van der Waals surface area contributed by atoms with E-state index in [9.17, 15) is 0 Å². The summed E-state index contributed by atoms with van der Waals surface area (Å²) >= 11 is 5.31. The van der Waals surface area contributed by atoms with Crippen LogP contribution in [0.25, 0.3) is 0 Å². The van der Waals surface area contributed by atoms with Crippen LogP contribution in [0.3, 0.4) is 0 Å². The lowest BCUT2D eigenvalue weighted by Gasteiger charge is -2.41. The molecule has 2 nitrogen and oxygen atoms in total. The van der Waals surface area contributed by atoms with Crippen molar-refractivity contribution in [2.75, 3.05) is 6.54 Å². The van der Waals surface area contributed by atoms with Gasteiger partial charge in [-0.1, -0.05) is 0 Å². The molecule has 12 heavy (non-hydrogen) atoms. The van der Waals surface area contributed by atoms with Gasteiger partial charge in [0, 0.05) is 18.1 Å². The fourth-order valence-electron chi connectivity index (χ4n) is 1.46. The molecular formula is C9H16N2S. The first kappa shape index (κ1) is 8.30. The maximum atomic E-state index is 5.31. The zero-order chi connectivity index (χ0) is 8.77. The van der Waals surface area contributed by atoms with Crippen molar-refractivity contribution < 1.29 is 0 Å². The Hall–Kier alpha value is -0.310. The summed E-state index contributed by atoms with van der Waals surface area (Å²) in [5, 5.41) is 4.39. The molecule has 0 radical (unpaired) electrons. The summed E-state index contributed by atoms with van der Waals surface area (Å²) in [4.78, 5) is 2.28. The van der Waals surface area contributed by atoms with Gasteiger partial charge in [-0.3, -0.25) is 0 Å². The van der Waals surface area contributed by atoms with Crippen LogP contribution >= 0.6 is 12.2 Å². The van der Waals surface area contributed by atoms with Crippen molar-refractivity contribution in [2.45, 2.75) is 44.7 Å². The first-order chi connectivity index (χ1) is 5.61. The normalized spacial score (nSPS) is 30.8. The summed E-state index contributed by atoms with van der Waals surface area (Å²) in [6, 6.07) is 0.660. The van der Waals surface area contributed by atoms with Gasteiger partial charge in [-0.05, 0) is 45.3 Å². The minimum Gasteiger partial charge on any atom is -0.357 e. The highest BCUT2D eigenvalue weighted by Gasteiger charge is 2.39. The Morgan fingerprint density at radius 1 is 1.58 bits per heavy atom. The maximum Gasteiger partial charge on any atom is 0.169 e. The lowest BCUT2D eigenvalue weighted by molar-refractivity contribution is 0.198. The van der Waals surface area contributed by atoms with Gasteiger partial charge in [-0.2, -0.15) is 0 Å². The van der Waals surface area contributed by atoms with E-state index in [1.165, 1.54) is 19.3 Å². The Morgan fingerprint density at radius 2 is 2.25 bits per heavy atom. The number of hydrogen-bond acceptors (Lipinski definition) is 1. The van der Waals surface area contributed by atoms with Gasteiger partial charge < -0.3 is 10.2 Å². The number of hydrogen-bond donors (Lipinski definition) is 1. The second-order valence-electron chi connectivity index (χ2n) is 4.32. The van der Waals surface area contributed by atoms with Gasteiger partial charge >= 0.3 is 0 Å². The number of thiocarbonyl (C=S) groups is 1. The third-order valence-electron chi connectivity index (χ3n) is 2.99. The van der Waals surface area contributed by atoms with E-state index in [1.54, 1.807) is 0 Å². The average molecular weight is 184 g/mol. The van der Waals surface area contributed by atoms with Gasteiger partial charge in [-0.15, -0.1) is 0 Å². The summed E-state index contributed by atoms with van der Waals surface area (Å²) in [5.41, 5.74) is 0.340. The molecule has 2 fully saturated rings. The van der Waals surface area contributed by atoms with Gasteiger partial charge in [0.1, 0.15) is 0 Å². The van der Waals surface area contributed by atoms with E-state index in [0.717, 1.165) is 11.7 Å². The van der Waals surface area contributed by atoms with Crippen LogP contribution in [0.1, 0.15) is 33.1 Å². The van der Waals surface area contributed by atoms with Gasteiger partial charge in [0.15, 0.2) is 5.11 Å². The zero-order valence-electron chi connectivity index (χ0n) is 7.76. The van der Waals surface area contributed by atoms with Crippen LogP contribution in [-0.2, 0) is 0 Å². The van der Waals surface area contributed by atoms with Crippen LogP contribution in [-0.4, -0.2) is 28.1 Å². The standard InChI is InChI=1S/C9H16N2S/c1-7-3-6-11(7)8(12)10-9(2)4-5-9/h7H,3-6H2,1-2H3,(H,10,12). The first-order valence-electron chi connectivity index (χ1n) is 4.69. The van der Waals surface area contributed by atoms with Gasteiger partial charge in [0.05, 0.1) is 0 Å². The Morgan fingerprint density at radius 3 is 2.58 bits per heavy atom. The molecule has 1 aliphatic heterocycles. The van der Waals surface area contributed by atoms with Crippen molar-refractivity contribution in [3.05, 3.63) is 0 Å². The highest BCUT2D eigenvalue weighted by Crippen LogP contribution is 2.35. The smallest absolute Gasteiger partial charge is 0.169 e. The van der Waals surface area contributed by atoms with Gasteiger partial charge in [-0.25, -0.2) is 0 Å². The lowest BCUT2D eigenvalue weighted by atomic mass is 10.1. The van der Waals surface area contributed by atoms with Crippen LogP contribution in [0, 0.1) is 0 Å². The molecule has 1 saturated heterocycles. The molecule has 1 saturated carbocycles. The number of nitrogens with zero attached hydrogens (tertiary/aromatic N) is 1. The number of rotatable bonds is 1. The molecule has 1 heterocycles. The van der Waals surface area contributed by atoms with Gasteiger partial charge in [0.2, 0.25) is 0 Å². The minimum absolute atomic E-state index is 0.340. The summed E-state index contributed by atoms with van der Waals surface area (Å²) in [5.74, 6) is 0. The topological polar surface area (TPSA) is 15.3 Å². The Balaban J connectivity index is 1.84. The van der Waals surface area contributed by atoms with Crippen LogP contribution in [0.4, 0.5) is 0 Å². The predicted molar refractivity (Wildman–Crippen MR) is 54.2 cm³/mol. The van der Waals surface area contributed by atoms with Crippen molar-refractivity contribution >= 4 is 17.3 Å². The van der Waals surface area contributed by atoms with E-state index in [-0.39, 0.29) is 0 Å². The molecule has 0 aromatic rings. The van der Waals surface area contributed by atoms with E-state index in [4.69, 9.17) is 12.2 Å². The van der Waals surface area contributed by atoms with Crippen molar-refractivity contribution in [3.8, 4) is 0 Å². The molecule has 1 aliphatic carbocycles.